The summed E-state index contributed by atoms with van der Waals surface area (Å²) >= 11 is 0. The van der Waals surface area contributed by atoms with Gasteiger partial charge in [0.25, 0.3) is 0 Å². The van der Waals surface area contributed by atoms with Crippen LogP contribution in [0.15, 0.2) is 12.3 Å². The summed E-state index contributed by atoms with van der Waals surface area (Å²) in [6.45, 7) is 0. The van der Waals surface area contributed by atoms with Gasteiger partial charge in [0.15, 0.2) is 6.04 Å². The fourth-order valence-electron chi connectivity index (χ4n) is 2.82. The number of hydrogen-bond acceptors (Lipinski definition) is 4. The highest BCUT2D eigenvalue weighted by Crippen LogP contribution is 2.27. The van der Waals surface area contributed by atoms with Crippen LogP contribution in [0.5, 0.6) is 0 Å². The average molecular weight is 295 g/mol. The van der Waals surface area contributed by atoms with Crippen molar-refractivity contribution in [2.45, 2.75) is 44.2 Å². The minimum atomic E-state index is -1.21. The lowest BCUT2D eigenvalue weighted by atomic mass is 9.85. The highest BCUT2D eigenvalue weighted by molar-refractivity contribution is 5.86. The molecule has 1 amide bonds. The van der Waals surface area contributed by atoms with Crippen molar-refractivity contribution in [1.29, 1.82) is 0 Å². The first kappa shape index (κ1) is 15.5. The summed E-state index contributed by atoms with van der Waals surface area (Å²) in [6.07, 6.45) is 5.04. The van der Waals surface area contributed by atoms with Crippen LogP contribution < -0.4 is 5.32 Å². The molecule has 1 saturated carbocycles. The topological polar surface area (TPSA) is 104 Å². The second-order valence-corrected chi connectivity index (χ2v) is 5.50. The number of aliphatic carboxylic acids is 1. The number of hydrogen-bond donors (Lipinski definition) is 3. The SMILES string of the molecule is Cn1nccc1C(NC(=O)C(O)C1CCCCC1)C(=O)O. The van der Waals surface area contributed by atoms with Gasteiger partial charge >= 0.3 is 5.97 Å². The van der Waals surface area contributed by atoms with Crippen LogP contribution in [0.4, 0.5) is 0 Å². The summed E-state index contributed by atoms with van der Waals surface area (Å²) in [7, 11) is 1.61. The number of carboxylic acid groups (broad SMARTS) is 1. The van der Waals surface area contributed by atoms with Gasteiger partial charge in [-0.25, -0.2) is 4.79 Å². The maximum atomic E-state index is 12.1. The highest BCUT2D eigenvalue weighted by atomic mass is 16.4. The fraction of sp³-hybridized carbons (Fsp3) is 0.643. The van der Waals surface area contributed by atoms with E-state index in [0.29, 0.717) is 5.69 Å². The molecule has 116 valence electrons. The van der Waals surface area contributed by atoms with Crippen molar-refractivity contribution in [1.82, 2.24) is 15.1 Å². The quantitative estimate of drug-likeness (QED) is 0.738. The Bertz CT molecular complexity index is 508. The number of nitrogens with zero attached hydrogens (tertiary/aromatic N) is 2. The molecule has 1 aromatic rings. The van der Waals surface area contributed by atoms with Crippen LogP contribution in [-0.2, 0) is 16.6 Å². The second kappa shape index (κ2) is 6.71. The molecule has 0 bridgehead atoms. The molecule has 1 fully saturated rings. The normalized spacial score (nSPS) is 19.0. The Balaban J connectivity index is 2.04. The van der Waals surface area contributed by atoms with Gasteiger partial charge in [0.1, 0.15) is 6.10 Å². The van der Waals surface area contributed by atoms with Crippen LogP contribution in [0.2, 0.25) is 0 Å². The summed E-state index contributed by atoms with van der Waals surface area (Å²) in [5, 5.41) is 25.7. The van der Waals surface area contributed by atoms with Crippen molar-refractivity contribution in [3.8, 4) is 0 Å². The number of aryl methyl sites for hydroxylation is 1. The summed E-state index contributed by atoms with van der Waals surface area (Å²) in [6, 6.07) is 0.328. The molecule has 0 spiro atoms. The summed E-state index contributed by atoms with van der Waals surface area (Å²) in [5.41, 5.74) is 0.367. The van der Waals surface area contributed by atoms with E-state index in [1.165, 1.54) is 16.9 Å². The number of amides is 1. The Labute approximate surface area is 123 Å². The number of nitrogens with one attached hydrogen (secondary N) is 1. The Morgan fingerprint density at radius 2 is 2.05 bits per heavy atom. The first-order valence-corrected chi connectivity index (χ1v) is 7.20. The molecule has 3 N–H and O–H groups in total. The van der Waals surface area contributed by atoms with Gasteiger partial charge in [0, 0.05) is 13.2 Å². The van der Waals surface area contributed by atoms with E-state index in [2.05, 4.69) is 10.4 Å². The average Bonchev–Trinajstić information content (AvgIpc) is 2.90. The molecule has 0 radical (unpaired) electrons. The number of carbonyl (C=O) groups excluding carboxylic acids is 1. The van der Waals surface area contributed by atoms with Gasteiger partial charge in [-0.05, 0) is 24.8 Å². The zero-order chi connectivity index (χ0) is 15.4. The molecule has 0 aromatic carbocycles. The molecule has 2 unspecified atom stereocenters. The van der Waals surface area contributed by atoms with Crippen molar-refractivity contribution in [3.63, 3.8) is 0 Å². The van der Waals surface area contributed by atoms with Crippen LogP contribution in [-0.4, -0.2) is 38.0 Å². The lowest BCUT2D eigenvalue weighted by Crippen LogP contribution is -2.44. The maximum Gasteiger partial charge on any atom is 0.332 e. The number of carbonyl (C=O) groups is 2. The number of aromatic nitrogens is 2. The van der Waals surface area contributed by atoms with Crippen LogP contribution in [0.25, 0.3) is 0 Å². The van der Waals surface area contributed by atoms with Crippen molar-refractivity contribution < 1.29 is 19.8 Å². The molecule has 2 rings (SSSR count). The Morgan fingerprint density at radius 1 is 1.38 bits per heavy atom. The van der Waals surface area contributed by atoms with Crippen LogP contribution in [0.1, 0.15) is 43.8 Å². The van der Waals surface area contributed by atoms with Crippen molar-refractivity contribution in [2.24, 2.45) is 13.0 Å². The molecular weight excluding hydrogens is 274 g/mol. The number of carboxylic acids is 1. The van der Waals surface area contributed by atoms with E-state index in [-0.39, 0.29) is 5.92 Å². The van der Waals surface area contributed by atoms with Gasteiger partial charge in [0.2, 0.25) is 5.91 Å². The summed E-state index contributed by atoms with van der Waals surface area (Å²) in [5.74, 6) is -1.89. The number of aliphatic hydroxyl groups is 1. The van der Waals surface area contributed by atoms with Gasteiger partial charge in [-0.3, -0.25) is 9.48 Å². The van der Waals surface area contributed by atoms with Gasteiger partial charge < -0.3 is 15.5 Å². The van der Waals surface area contributed by atoms with Gasteiger partial charge in [-0.1, -0.05) is 19.3 Å². The molecule has 1 aliphatic rings. The smallest absolute Gasteiger partial charge is 0.332 e. The van der Waals surface area contributed by atoms with Crippen molar-refractivity contribution >= 4 is 11.9 Å². The minimum absolute atomic E-state index is 0.0836. The zero-order valence-corrected chi connectivity index (χ0v) is 12.0. The van der Waals surface area contributed by atoms with Crippen LogP contribution >= 0.6 is 0 Å². The lowest BCUT2D eigenvalue weighted by Gasteiger charge is -2.26. The third kappa shape index (κ3) is 3.60. The molecule has 1 aromatic heterocycles. The van der Waals surface area contributed by atoms with E-state index >= 15 is 0 Å². The summed E-state index contributed by atoms with van der Waals surface area (Å²) < 4.78 is 1.39. The molecule has 0 saturated heterocycles. The molecular formula is C14H21N3O4. The standard InChI is InChI=1S/C14H21N3O4/c1-17-10(7-8-15-17)11(14(20)21)16-13(19)12(18)9-5-3-2-4-6-9/h7-9,11-12,18H,2-6H2,1H3,(H,16,19)(H,20,21). The molecule has 2 atom stereocenters. The van der Waals surface area contributed by atoms with E-state index in [1.54, 1.807) is 7.05 Å². The molecule has 1 heterocycles. The van der Waals surface area contributed by atoms with Crippen molar-refractivity contribution in [3.05, 3.63) is 18.0 Å². The third-order valence-electron chi connectivity index (χ3n) is 4.05. The van der Waals surface area contributed by atoms with Crippen LogP contribution in [0, 0.1) is 5.92 Å². The van der Waals surface area contributed by atoms with E-state index in [1.807, 2.05) is 0 Å². The van der Waals surface area contributed by atoms with E-state index in [4.69, 9.17) is 0 Å². The predicted octanol–water partition coefficient (Wildman–Crippen LogP) is 0.603. The lowest BCUT2D eigenvalue weighted by molar-refractivity contribution is -0.144. The molecule has 7 nitrogen and oxygen atoms in total. The van der Waals surface area contributed by atoms with Crippen molar-refractivity contribution in [2.75, 3.05) is 0 Å². The highest BCUT2D eigenvalue weighted by Gasteiger charge is 2.32. The Morgan fingerprint density at radius 3 is 2.57 bits per heavy atom. The fourth-order valence-corrected chi connectivity index (χ4v) is 2.82. The second-order valence-electron chi connectivity index (χ2n) is 5.50. The predicted molar refractivity (Wildman–Crippen MR) is 74.3 cm³/mol. The van der Waals surface area contributed by atoms with E-state index < -0.39 is 24.0 Å². The first-order valence-electron chi connectivity index (χ1n) is 7.20. The molecule has 0 aliphatic heterocycles. The largest absolute Gasteiger partial charge is 0.479 e. The molecule has 21 heavy (non-hydrogen) atoms. The minimum Gasteiger partial charge on any atom is -0.479 e. The van der Waals surface area contributed by atoms with Crippen LogP contribution in [0.3, 0.4) is 0 Å². The Hall–Kier alpha value is -1.89. The number of rotatable bonds is 5. The molecule has 1 aliphatic carbocycles. The van der Waals surface area contributed by atoms with Gasteiger partial charge in [-0.2, -0.15) is 5.10 Å². The maximum absolute atomic E-state index is 12.1. The summed E-state index contributed by atoms with van der Waals surface area (Å²) in [4.78, 5) is 23.5. The number of aliphatic hydroxyl groups excluding tert-OH is 1. The van der Waals surface area contributed by atoms with Gasteiger partial charge in [0.05, 0.1) is 5.69 Å². The molecule has 7 heteroatoms. The first-order chi connectivity index (χ1) is 10.0. The third-order valence-corrected chi connectivity index (χ3v) is 4.05. The monoisotopic (exact) mass is 295 g/mol. The zero-order valence-electron chi connectivity index (χ0n) is 12.0. The van der Waals surface area contributed by atoms with Gasteiger partial charge in [-0.15, -0.1) is 0 Å². The Kier molecular flexibility index (Phi) is 4.95. The van der Waals surface area contributed by atoms with E-state index in [9.17, 15) is 19.8 Å². The van der Waals surface area contributed by atoms with E-state index in [0.717, 1.165) is 32.1 Å².